The summed E-state index contributed by atoms with van der Waals surface area (Å²) < 4.78 is 0. The average molecular weight is 274 g/mol. The van der Waals surface area contributed by atoms with Crippen molar-refractivity contribution in [2.75, 3.05) is 38.1 Å². The van der Waals surface area contributed by atoms with Gasteiger partial charge in [-0.2, -0.15) is 0 Å². The summed E-state index contributed by atoms with van der Waals surface area (Å²) in [5, 5.41) is 1.13. The quantitative estimate of drug-likeness (QED) is 0.770. The van der Waals surface area contributed by atoms with Gasteiger partial charge in [-0.15, -0.1) is 0 Å². The molecule has 94 valence electrons. The first kappa shape index (κ1) is 12.8. The lowest BCUT2D eigenvalue weighted by Gasteiger charge is -2.20. The third-order valence-corrected chi connectivity index (χ3v) is 4.48. The Balaban J connectivity index is 1.89. The molecule has 0 unspecified atom stereocenters. The normalized spacial score (nSPS) is 16.4. The van der Waals surface area contributed by atoms with Crippen molar-refractivity contribution in [2.45, 2.75) is 12.8 Å². The van der Waals surface area contributed by atoms with E-state index in [9.17, 15) is 4.79 Å². The smallest absolute Gasteiger partial charge is 0.187 e. The van der Waals surface area contributed by atoms with Crippen LogP contribution < -0.4 is 4.90 Å². The van der Waals surface area contributed by atoms with Crippen LogP contribution in [-0.2, 0) is 0 Å². The Bertz CT molecular complexity index is 390. The van der Waals surface area contributed by atoms with E-state index >= 15 is 0 Å². The number of nitrogens with zero attached hydrogens (tertiary/aromatic N) is 3. The second-order valence-corrected chi connectivity index (χ2v) is 5.61. The standard InChI is InChI=1S/C11H16ClN3OS/c1-14(6-7-15-4-2-3-5-15)11-13-10(12)9(8-16)17-11/h8H,2-7H2,1H3. The summed E-state index contributed by atoms with van der Waals surface area (Å²) in [6.45, 7) is 4.37. The number of hydrogen-bond acceptors (Lipinski definition) is 5. The van der Waals surface area contributed by atoms with Crippen molar-refractivity contribution < 1.29 is 4.79 Å². The number of thiazole rings is 1. The average Bonchev–Trinajstić information content (AvgIpc) is 2.94. The van der Waals surface area contributed by atoms with Crippen LogP contribution in [-0.4, -0.2) is 49.4 Å². The van der Waals surface area contributed by atoms with E-state index < -0.39 is 0 Å². The van der Waals surface area contributed by atoms with Crippen LogP contribution in [0.3, 0.4) is 0 Å². The highest BCUT2D eigenvalue weighted by Crippen LogP contribution is 2.27. The highest BCUT2D eigenvalue weighted by Gasteiger charge is 2.15. The van der Waals surface area contributed by atoms with Gasteiger partial charge >= 0.3 is 0 Å². The summed E-state index contributed by atoms with van der Waals surface area (Å²) in [5.74, 6) is 0. The Kier molecular flexibility index (Phi) is 4.36. The first-order valence-corrected chi connectivity index (χ1v) is 6.95. The number of carbonyl (C=O) groups is 1. The van der Waals surface area contributed by atoms with Gasteiger partial charge in [0.25, 0.3) is 0 Å². The molecule has 1 saturated heterocycles. The number of rotatable bonds is 5. The molecule has 0 bridgehead atoms. The van der Waals surface area contributed by atoms with Crippen molar-refractivity contribution in [3.05, 3.63) is 10.0 Å². The van der Waals surface area contributed by atoms with Gasteiger partial charge in [-0.05, 0) is 25.9 Å². The molecule has 1 aromatic heterocycles. The lowest BCUT2D eigenvalue weighted by Crippen LogP contribution is -2.31. The summed E-state index contributed by atoms with van der Waals surface area (Å²) in [7, 11) is 1.99. The van der Waals surface area contributed by atoms with Crippen molar-refractivity contribution in [1.82, 2.24) is 9.88 Å². The number of aldehydes is 1. The Morgan fingerprint density at radius 1 is 1.53 bits per heavy atom. The minimum atomic E-state index is 0.313. The Morgan fingerprint density at radius 2 is 2.24 bits per heavy atom. The molecule has 6 heteroatoms. The van der Waals surface area contributed by atoms with Crippen LogP contribution in [0.4, 0.5) is 5.13 Å². The largest absolute Gasteiger partial charge is 0.350 e. The molecule has 0 aliphatic carbocycles. The van der Waals surface area contributed by atoms with Crippen LogP contribution in [0.25, 0.3) is 0 Å². The Labute approximate surface area is 110 Å². The molecule has 0 amide bonds. The molecule has 0 atom stereocenters. The monoisotopic (exact) mass is 273 g/mol. The molecule has 2 rings (SSSR count). The first-order valence-electron chi connectivity index (χ1n) is 5.75. The molecule has 0 saturated carbocycles. The zero-order valence-corrected chi connectivity index (χ0v) is 11.4. The van der Waals surface area contributed by atoms with Gasteiger partial charge in [-0.25, -0.2) is 4.98 Å². The van der Waals surface area contributed by atoms with Crippen molar-refractivity contribution in [1.29, 1.82) is 0 Å². The number of likely N-dealkylation sites (tertiary alicyclic amines) is 1. The summed E-state index contributed by atoms with van der Waals surface area (Å²) in [4.78, 5) is 19.9. The van der Waals surface area contributed by atoms with Crippen LogP contribution in [0.1, 0.15) is 22.5 Å². The van der Waals surface area contributed by atoms with E-state index in [0.29, 0.717) is 10.0 Å². The van der Waals surface area contributed by atoms with E-state index in [1.165, 1.54) is 37.3 Å². The highest BCUT2D eigenvalue weighted by molar-refractivity contribution is 7.17. The molecule has 1 aliphatic rings. The van der Waals surface area contributed by atoms with E-state index in [-0.39, 0.29) is 0 Å². The minimum Gasteiger partial charge on any atom is -0.350 e. The van der Waals surface area contributed by atoms with Crippen molar-refractivity contribution in [3.8, 4) is 0 Å². The maximum Gasteiger partial charge on any atom is 0.187 e. The van der Waals surface area contributed by atoms with Crippen LogP contribution in [0.15, 0.2) is 0 Å². The number of halogens is 1. The zero-order chi connectivity index (χ0) is 12.3. The topological polar surface area (TPSA) is 36.4 Å². The zero-order valence-electron chi connectivity index (χ0n) is 9.86. The number of aromatic nitrogens is 1. The first-order chi connectivity index (χ1) is 8.20. The van der Waals surface area contributed by atoms with Gasteiger partial charge in [0.05, 0.1) is 0 Å². The third-order valence-electron chi connectivity index (χ3n) is 2.98. The van der Waals surface area contributed by atoms with Crippen molar-refractivity contribution in [3.63, 3.8) is 0 Å². The molecular formula is C11H16ClN3OS. The van der Waals surface area contributed by atoms with Crippen LogP contribution >= 0.6 is 22.9 Å². The molecule has 1 aliphatic heterocycles. The van der Waals surface area contributed by atoms with Gasteiger partial charge in [0.1, 0.15) is 4.88 Å². The molecule has 17 heavy (non-hydrogen) atoms. The van der Waals surface area contributed by atoms with Crippen LogP contribution in [0.5, 0.6) is 0 Å². The SMILES string of the molecule is CN(CCN1CCCC1)c1nc(Cl)c(C=O)s1. The fraction of sp³-hybridized carbons (Fsp3) is 0.636. The molecule has 4 nitrogen and oxygen atoms in total. The molecule has 0 spiro atoms. The summed E-state index contributed by atoms with van der Waals surface area (Å²) in [6.07, 6.45) is 3.38. The predicted octanol–water partition coefficient (Wildman–Crippen LogP) is 2.14. The van der Waals surface area contributed by atoms with E-state index in [4.69, 9.17) is 11.6 Å². The van der Waals surface area contributed by atoms with Crippen molar-refractivity contribution in [2.24, 2.45) is 0 Å². The minimum absolute atomic E-state index is 0.313. The van der Waals surface area contributed by atoms with Gasteiger partial charge in [0, 0.05) is 20.1 Å². The third kappa shape index (κ3) is 3.18. The highest BCUT2D eigenvalue weighted by atomic mass is 35.5. The number of hydrogen-bond donors (Lipinski definition) is 0. The maximum atomic E-state index is 10.7. The second-order valence-electron chi connectivity index (χ2n) is 4.24. The number of carbonyl (C=O) groups excluding carboxylic acids is 1. The maximum absolute atomic E-state index is 10.7. The molecule has 2 heterocycles. The van der Waals surface area contributed by atoms with E-state index in [1.807, 2.05) is 7.05 Å². The molecule has 0 radical (unpaired) electrons. The van der Waals surface area contributed by atoms with Crippen molar-refractivity contribution >= 4 is 34.4 Å². The lowest BCUT2D eigenvalue weighted by molar-refractivity contribution is 0.112. The molecule has 1 aromatic rings. The van der Waals surface area contributed by atoms with E-state index in [2.05, 4.69) is 14.8 Å². The van der Waals surface area contributed by atoms with Crippen LogP contribution in [0.2, 0.25) is 5.15 Å². The molecular weight excluding hydrogens is 258 g/mol. The van der Waals surface area contributed by atoms with E-state index in [0.717, 1.165) is 24.5 Å². The van der Waals surface area contributed by atoms with Crippen LogP contribution in [0, 0.1) is 0 Å². The molecule has 1 fully saturated rings. The second kappa shape index (κ2) is 5.80. The van der Waals surface area contributed by atoms with Gasteiger partial charge in [0.15, 0.2) is 16.6 Å². The molecule has 0 aromatic carbocycles. The number of likely N-dealkylation sites (N-methyl/N-ethyl adjacent to an activating group) is 1. The Hall–Kier alpha value is -0.650. The Morgan fingerprint density at radius 3 is 2.82 bits per heavy atom. The van der Waals surface area contributed by atoms with Gasteiger partial charge in [0.2, 0.25) is 0 Å². The van der Waals surface area contributed by atoms with E-state index in [1.54, 1.807) is 0 Å². The lowest BCUT2D eigenvalue weighted by atomic mass is 10.4. The fourth-order valence-corrected chi connectivity index (χ4v) is 2.98. The van der Waals surface area contributed by atoms with Gasteiger partial charge in [-0.1, -0.05) is 22.9 Å². The summed E-state index contributed by atoms with van der Waals surface area (Å²) >= 11 is 7.19. The molecule has 0 N–H and O–H groups in total. The summed E-state index contributed by atoms with van der Waals surface area (Å²) in [6, 6.07) is 0. The number of anilines is 1. The summed E-state index contributed by atoms with van der Waals surface area (Å²) in [5.41, 5.74) is 0. The van der Waals surface area contributed by atoms with Gasteiger partial charge in [-0.3, -0.25) is 4.79 Å². The fourth-order valence-electron chi connectivity index (χ4n) is 1.93. The predicted molar refractivity (Wildman–Crippen MR) is 71.5 cm³/mol. The van der Waals surface area contributed by atoms with Gasteiger partial charge < -0.3 is 9.80 Å².